The van der Waals surface area contributed by atoms with E-state index < -0.39 is 35.2 Å². The first kappa shape index (κ1) is 25.0. The third kappa shape index (κ3) is 4.08. The van der Waals surface area contributed by atoms with E-state index in [0.717, 1.165) is 0 Å². The van der Waals surface area contributed by atoms with Gasteiger partial charge in [0.05, 0.1) is 25.2 Å². The predicted molar refractivity (Wildman–Crippen MR) is 141 cm³/mol. The van der Waals surface area contributed by atoms with E-state index in [1.807, 2.05) is 0 Å². The van der Waals surface area contributed by atoms with Crippen LogP contribution in [0.25, 0.3) is 12.2 Å². The largest absolute Gasteiger partial charge is 0.493 e. The van der Waals surface area contributed by atoms with Crippen LogP contribution in [0.15, 0.2) is 70.2 Å². The maximum absolute atomic E-state index is 13.9. The van der Waals surface area contributed by atoms with Crippen LogP contribution in [0.1, 0.15) is 28.9 Å². The third-order valence-corrected chi connectivity index (χ3v) is 6.75. The van der Waals surface area contributed by atoms with Gasteiger partial charge in [-0.05, 0) is 54.1 Å². The van der Waals surface area contributed by atoms with Gasteiger partial charge in [-0.25, -0.2) is 4.79 Å². The molecule has 2 atom stereocenters. The fraction of sp³-hybridized carbons (Fsp3) is 0.172. The molecule has 6 bridgehead atoms. The molecule has 0 saturated heterocycles. The van der Waals surface area contributed by atoms with Gasteiger partial charge in [0.25, 0.3) is 11.1 Å². The zero-order valence-corrected chi connectivity index (χ0v) is 21.6. The van der Waals surface area contributed by atoms with E-state index in [9.17, 15) is 19.2 Å². The van der Waals surface area contributed by atoms with E-state index >= 15 is 0 Å². The molecule has 0 fully saturated rings. The molecule has 0 unspecified atom stereocenters. The summed E-state index contributed by atoms with van der Waals surface area (Å²) in [5.41, 5.74) is 0.189. The average molecular weight is 543 g/mol. The van der Waals surface area contributed by atoms with Crippen LogP contribution in [0.4, 0.5) is 0 Å². The van der Waals surface area contributed by atoms with Crippen LogP contribution >= 0.6 is 0 Å². The second-order valence-electron chi connectivity index (χ2n) is 9.26. The second kappa shape index (κ2) is 9.45. The number of aromatic nitrogens is 2. The molecule has 3 aromatic rings. The van der Waals surface area contributed by atoms with Crippen molar-refractivity contribution in [3.8, 4) is 23.0 Å². The Morgan fingerprint density at radius 2 is 1.73 bits per heavy atom. The molecule has 3 aliphatic heterocycles. The van der Waals surface area contributed by atoms with Gasteiger partial charge in [-0.15, -0.1) is 0 Å². The number of rotatable bonds is 2. The summed E-state index contributed by atoms with van der Waals surface area (Å²) < 4.78 is 30.7. The Hall–Kier alpha value is -5.32. The number of nitrogens with zero attached hydrogens (tertiary/aromatic N) is 2. The lowest BCUT2D eigenvalue weighted by atomic mass is 10.0. The second-order valence-corrected chi connectivity index (χ2v) is 9.26. The molecule has 0 radical (unpaired) electrons. The normalized spacial score (nSPS) is 19.1. The molecule has 4 heterocycles. The van der Waals surface area contributed by atoms with Gasteiger partial charge in [-0.2, -0.15) is 0 Å². The fourth-order valence-corrected chi connectivity index (χ4v) is 4.89. The number of carbonyl (C=O) groups excluding carboxylic acids is 2. The van der Waals surface area contributed by atoms with Gasteiger partial charge < -0.3 is 28.3 Å². The number of ether oxygens (including phenoxy) is 5. The molecule has 0 amide bonds. The van der Waals surface area contributed by atoms with Crippen LogP contribution in [0, 0.1) is 0 Å². The van der Waals surface area contributed by atoms with E-state index in [-0.39, 0.29) is 33.5 Å². The molecule has 40 heavy (non-hydrogen) atoms. The molecule has 0 aliphatic carbocycles. The highest BCUT2D eigenvalue weighted by atomic mass is 16.6. The van der Waals surface area contributed by atoms with Crippen LogP contribution in [0.3, 0.4) is 0 Å². The van der Waals surface area contributed by atoms with Gasteiger partial charge in [0.1, 0.15) is 22.8 Å². The minimum Gasteiger partial charge on any atom is -0.493 e. The maximum Gasteiger partial charge on any atom is 0.338 e. The van der Waals surface area contributed by atoms with Gasteiger partial charge in [-0.3, -0.25) is 19.0 Å². The Morgan fingerprint density at radius 3 is 2.50 bits per heavy atom. The highest BCUT2D eigenvalue weighted by molar-refractivity contribution is 5.90. The Kier molecular flexibility index (Phi) is 5.91. The van der Waals surface area contributed by atoms with Gasteiger partial charge >= 0.3 is 11.9 Å². The standard InChI is InChI=1S/C29H22N2O9/c1-15(32)38-22-6-4-16-10-19-28(34)31-20(27(33)30(19)2)12-18-14-37-9-8-23(26(18)31)40-29(35)17-5-7-21(36-3)25(13-17)39-24(22)11-16/h4-14,23,26H,1-3H3/b19-10+/t23-,26-/m0/s1. The van der Waals surface area contributed by atoms with Crippen molar-refractivity contribution in [2.75, 3.05) is 7.11 Å². The molecule has 6 rings (SSSR count). The predicted octanol–water partition coefficient (Wildman–Crippen LogP) is 1.40. The molecule has 0 spiro atoms. The molecule has 3 aliphatic rings. The summed E-state index contributed by atoms with van der Waals surface area (Å²) in [5.74, 6) is -0.631. The summed E-state index contributed by atoms with van der Waals surface area (Å²) in [6.07, 6.45) is 6.38. The van der Waals surface area contributed by atoms with Crippen molar-refractivity contribution in [2.24, 2.45) is 7.05 Å². The summed E-state index contributed by atoms with van der Waals surface area (Å²) in [5, 5.41) is 0.202. The van der Waals surface area contributed by atoms with Crippen LogP contribution in [-0.4, -0.2) is 34.3 Å². The number of hydrogen-bond donors (Lipinski definition) is 0. The lowest BCUT2D eigenvalue weighted by Gasteiger charge is -2.23. The summed E-state index contributed by atoms with van der Waals surface area (Å²) in [7, 11) is 2.94. The highest BCUT2D eigenvalue weighted by Gasteiger charge is 2.36. The first-order valence-corrected chi connectivity index (χ1v) is 12.2. The number of fused-ring (bicyclic) bond motifs is 5. The van der Waals surface area contributed by atoms with Crippen LogP contribution in [0.2, 0.25) is 0 Å². The average Bonchev–Trinajstić information content (AvgIpc) is 3.21. The Labute approximate surface area is 226 Å². The number of carbonyl (C=O) groups is 2. The molecule has 202 valence electrons. The Morgan fingerprint density at radius 1 is 0.950 bits per heavy atom. The summed E-state index contributed by atoms with van der Waals surface area (Å²) in [6.45, 7) is 1.25. The minimum absolute atomic E-state index is 0.0711. The van der Waals surface area contributed by atoms with Crippen molar-refractivity contribution < 1.29 is 33.3 Å². The van der Waals surface area contributed by atoms with Crippen LogP contribution < -0.4 is 36.0 Å². The molecule has 2 aromatic carbocycles. The highest BCUT2D eigenvalue weighted by Crippen LogP contribution is 2.38. The molecule has 11 heteroatoms. The molecule has 11 nitrogen and oxygen atoms in total. The van der Waals surface area contributed by atoms with Crippen LogP contribution in [0.5, 0.6) is 23.0 Å². The fourth-order valence-electron chi connectivity index (χ4n) is 4.89. The smallest absolute Gasteiger partial charge is 0.338 e. The molecule has 0 N–H and O–H groups in total. The van der Waals surface area contributed by atoms with Crippen molar-refractivity contribution in [3.63, 3.8) is 0 Å². The molecule has 0 saturated carbocycles. The van der Waals surface area contributed by atoms with Crippen molar-refractivity contribution in [1.82, 2.24) is 9.13 Å². The Bertz CT molecular complexity index is 1910. The van der Waals surface area contributed by atoms with Crippen molar-refractivity contribution >= 4 is 24.1 Å². The van der Waals surface area contributed by atoms with E-state index in [1.54, 1.807) is 24.3 Å². The van der Waals surface area contributed by atoms with E-state index in [4.69, 9.17) is 23.7 Å². The zero-order valence-electron chi connectivity index (χ0n) is 21.6. The maximum atomic E-state index is 13.9. The van der Waals surface area contributed by atoms with E-state index in [0.29, 0.717) is 16.9 Å². The number of hydrogen-bond acceptors (Lipinski definition) is 9. The van der Waals surface area contributed by atoms with Gasteiger partial charge in [0.15, 0.2) is 23.0 Å². The number of esters is 2. The van der Waals surface area contributed by atoms with Crippen LogP contribution in [-0.2, 0) is 21.3 Å². The van der Waals surface area contributed by atoms with Crippen molar-refractivity contribution in [1.29, 1.82) is 0 Å². The number of methoxy groups -OCH3 is 1. The monoisotopic (exact) mass is 542 g/mol. The van der Waals surface area contributed by atoms with Gasteiger partial charge in [0.2, 0.25) is 0 Å². The Balaban J connectivity index is 1.67. The first-order valence-electron chi connectivity index (χ1n) is 12.2. The summed E-state index contributed by atoms with van der Waals surface area (Å²) in [6, 6.07) is 8.32. The lowest BCUT2D eigenvalue weighted by molar-refractivity contribution is -0.132. The SMILES string of the molecule is COc1ccc2cc1Oc1cc(ccc1OC(C)=O)/C=c1\c(=O)n3c(c(=O)n1C)=CC1=COC=C[C@H](OC2=O)[C@H]13. The third-order valence-electron chi connectivity index (χ3n) is 6.75. The first-order chi connectivity index (χ1) is 19.2. The molecular formula is C29H22N2O9. The van der Waals surface area contributed by atoms with E-state index in [1.165, 1.54) is 73.1 Å². The van der Waals surface area contributed by atoms with E-state index in [2.05, 4.69) is 0 Å². The van der Waals surface area contributed by atoms with Gasteiger partial charge in [-0.1, -0.05) is 6.07 Å². The van der Waals surface area contributed by atoms with Crippen molar-refractivity contribution in [3.05, 3.63) is 103 Å². The molecule has 1 aromatic heterocycles. The van der Waals surface area contributed by atoms with Crippen molar-refractivity contribution in [2.45, 2.75) is 19.1 Å². The lowest BCUT2D eigenvalue weighted by Crippen LogP contribution is -2.57. The summed E-state index contributed by atoms with van der Waals surface area (Å²) in [4.78, 5) is 52.5. The summed E-state index contributed by atoms with van der Waals surface area (Å²) >= 11 is 0. The minimum atomic E-state index is -0.982. The van der Waals surface area contributed by atoms with Gasteiger partial charge in [0, 0.05) is 19.5 Å². The zero-order chi connectivity index (χ0) is 28.1. The number of benzene rings is 2. The topological polar surface area (TPSA) is 124 Å². The quantitative estimate of drug-likeness (QED) is 0.349. The molecular weight excluding hydrogens is 520 g/mol.